The number of anilines is 1. The fraction of sp³-hybridized carbons (Fsp3) is 0.478. The van der Waals surface area contributed by atoms with E-state index < -0.39 is 0 Å². The minimum Gasteiger partial charge on any atom is -0.496 e. The van der Waals surface area contributed by atoms with E-state index in [4.69, 9.17) is 26.3 Å². The summed E-state index contributed by atoms with van der Waals surface area (Å²) in [5.74, 6) is 1.20. The summed E-state index contributed by atoms with van der Waals surface area (Å²) in [4.78, 5) is 24.7. The first-order chi connectivity index (χ1) is 16.0. The molecule has 1 fully saturated rings. The van der Waals surface area contributed by atoms with Crippen LogP contribution in [0, 0.1) is 0 Å². The van der Waals surface area contributed by atoms with Gasteiger partial charge in [-0.25, -0.2) is 14.6 Å². The number of thioether (sulfide) groups is 1. The highest BCUT2D eigenvalue weighted by Gasteiger charge is 2.20. The summed E-state index contributed by atoms with van der Waals surface area (Å²) in [6.45, 7) is 7.15. The van der Waals surface area contributed by atoms with Gasteiger partial charge in [0.2, 0.25) is 0 Å². The van der Waals surface area contributed by atoms with Gasteiger partial charge in [0.05, 0.1) is 30.8 Å². The van der Waals surface area contributed by atoms with E-state index in [1.165, 1.54) is 26.4 Å². The molecule has 0 unspecified atom stereocenters. The molecule has 3 heterocycles. The Morgan fingerprint density at radius 1 is 1.24 bits per heavy atom. The number of piperidine rings is 1. The predicted molar refractivity (Wildman–Crippen MR) is 133 cm³/mol. The number of ether oxygens (including phenoxy) is 1. The second kappa shape index (κ2) is 10.6. The maximum Gasteiger partial charge on any atom is 0.255 e. The Kier molecular flexibility index (Phi) is 7.60. The molecule has 2 aromatic heterocycles. The monoisotopic (exact) mass is 488 g/mol. The number of halogens is 1. The standard InChI is InChI=1S/C23H29ClN6O2S/c1-15(2)33-23-27-20(29-10-5-4-6-11-29)18-14-26-30(21(18)28-23)12-9-25-22(31)17-13-16(24)7-8-19(17)32-3/h7-8,13-15H,4-6,9-12H2,1-3H3,(H,25,31). The van der Waals surface area contributed by atoms with Gasteiger partial charge in [0, 0.05) is 29.9 Å². The Morgan fingerprint density at radius 3 is 2.76 bits per heavy atom. The molecule has 4 rings (SSSR count). The number of hydrogen-bond donors (Lipinski definition) is 1. The first kappa shape index (κ1) is 23.6. The Balaban J connectivity index is 1.54. The second-order valence-corrected chi connectivity index (χ2v) is 10.2. The maximum atomic E-state index is 12.7. The van der Waals surface area contributed by atoms with Crippen molar-refractivity contribution < 1.29 is 9.53 Å². The van der Waals surface area contributed by atoms with Crippen molar-refractivity contribution in [3.63, 3.8) is 0 Å². The van der Waals surface area contributed by atoms with Crippen molar-refractivity contribution in [2.75, 3.05) is 31.6 Å². The molecular weight excluding hydrogens is 460 g/mol. The van der Waals surface area contributed by atoms with Crippen LogP contribution < -0.4 is 15.0 Å². The average molecular weight is 489 g/mol. The number of methoxy groups -OCH3 is 1. The molecule has 0 saturated carbocycles. The Labute approximate surface area is 203 Å². The molecule has 1 amide bonds. The third-order valence-electron chi connectivity index (χ3n) is 5.47. The third kappa shape index (κ3) is 5.52. The summed E-state index contributed by atoms with van der Waals surface area (Å²) in [6, 6.07) is 4.98. The van der Waals surface area contributed by atoms with E-state index in [-0.39, 0.29) is 5.91 Å². The SMILES string of the molecule is COc1ccc(Cl)cc1C(=O)NCCn1ncc2c(N3CCCCC3)nc(SC(C)C)nc21. The van der Waals surface area contributed by atoms with Gasteiger partial charge in [0.25, 0.3) is 5.91 Å². The summed E-state index contributed by atoms with van der Waals surface area (Å²) >= 11 is 7.71. The summed E-state index contributed by atoms with van der Waals surface area (Å²) in [5, 5.41) is 10.1. The number of nitrogens with one attached hydrogen (secondary N) is 1. The molecule has 1 aromatic carbocycles. The Hall–Kier alpha value is -2.52. The van der Waals surface area contributed by atoms with Gasteiger partial charge in [-0.05, 0) is 37.5 Å². The zero-order valence-corrected chi connectivity index (χ0v) is 20.7. The molecule has 0 bridgehead atoms. The molecule has 1 saturated heterocycles. The lowest BCUT2D eigenvalue weighted by Gasteiger charge is -2.28. The molecule has 10 heteroatoms. The molecule has 1 N–H and O–H groups in total. The second-order valence-electron chi connectivity index (χ2n) is 8.25. The van der Waals surface area contributed by atoms with Crippen LogP contribution in [-0.2, 0) is 6.54 Å². The molecular formula is C23H29ClN6O2S. The van der Waals surface area contributed by atoms with Crippen molar-refractivity contribution in [2.24, 2.45) is 0 Å². The number of aromatic nitrogens is 4. The first-order valence-electron chi connectivity index (χ1n) is 11.2. The molecule has 8 nitrogen and oxygen atoms in total. The van der Waals surface area contributed by atoms with E-state index in [1.807, 2.05) is 10.9 Å². The molecule has 0 spiro atoms. The van der Waals surface area contributed by atoms with E-state index >= 15 is 0 Å². The molecule has 1 aliphatic rings. The summed E-state index contributed by atoms with van der Waals surface area (Å²) < 4.78 is 7.12. The normalized spacial score (nSPS) is 14.2. The van der Waals surface area contributed by atoms with Gasteiger partial charge in [-0.2, -0.15) is 5.10 Å². The van der Waals surface area contributed by atoms with E-state index in [0.717, 1.165) is 35.1 Å². The molecule has 33 heavy (non-hydrogen) atoms. The largest absolute Gasteiger partial charge is 0.496 e. The van der Waals surface area contributed by atoms with Crippen LogP contribution in [0.3, 0.4) is 0 Å². The number of benzene rings is 1. The summed E-state index contributed by atoms with van der Waals surface area (Å²) in [5.41, 5.74) is 1.20. The zero-order chi connectivity index (χ0) is 23.4. The summed E-state index contributed by atoms with van der Waals surface area (Å²) in [6.07, 6.45) is 5.44. The van der Waals surface area contributed by atoms with Crippen molar-refractivity contribution in [3.8, 4) is 5.75 Å². The lowest BCUT2D eigenvalue weighted by molar-refractivity contribution is 0.0949. The van der Waals surface area contributed by atoms with E-state index in [1.54, 1.807) is 30.0 Å². The van der Waals surface area contributed by atoms with Crippen LogP contribution in [0.15, 0.2) is 29.6 Å². The molecule has 3 aromatic rings. The van der Waals surface area contributed by atoms with Crippen molar-refractivity contribution in [1.82, 2.24) is 25.1 Å². The van der Waals surface area contributed by atoms with Crippen molar-refractivity contribution >= 4 is 46.1 Å². The van der Waals surface area contributed by atoms with Crippen LogP contribution >= 0.6 is 23.4 Å². The molecule has 0 radical (unpaired) electrons. The average Bonchev–Trinajstić information content (AvgIpc) is 3.21. The quantitative estimate of drug-likeness (QED) is 0.371. The smallest absolute Gasteiger partial charge is 0.255 e. The highest BCUT2D eigenvalue weighted by molar-refractivity contribution is 7.99. The topological polar surface area (TPSA) is 85.2 Å². The van der Waals surface area contributed by atoms with Crippen LogP contribution in [0.25, 0.3) is 11.0 Å². The molecule has 1 aliphatic heterocycles. The van der Waals surface area contributed by atoms with Crippen LogP contribution in [0.2, 0.25) is 5.02 Å². The highest BCUT2D eigenvalue weighted by Crippen LogP contribution is 2.30. The zero-order valence-electron chi connectivity index (χ0n) is 19.2. The van der Waals surface area contributed by atoms with Crippen molar-refractivity contribution in [3.05, 3.63) is 35.0 Å². The molecule has 0 atom stereocenters. The number of rotatable bonds is 8. The lowest BCUT2D eigenvalue weighted by Crippen LogP contribution is -2.30. The number of carbonyl (C=O) groups is 1. The fourth-order valence-corrected chi connectivity index (χ4v) is 4.80. The van der Waals surface area contributed by atoms with Gasteiger partial charge in [-0.3, -0.25) is 4.79 Å². The van der Waals surface area contributed by atoms with Gasteiger partial charge in [0.1, 0.15) is 11.6 Å². The van der Waals surface area contributed by atoms with Crippen LogP contribution in [0.5, 0.6) is 5.75 Å². The minimum absolute atomic E-state index is 0.245. The number of nitrogens with zero attached hydrogens (tertiary/aromatic N) is 5. The van der Waals surface area contributed by atoms with Gasteiger partial charge in [-0.1, -0.05) is 37.2 Å². The van der Waals surface area contributed by atoms with Crippen LogP contribution in [-0.4, -0.2) is 57.6 Å². The first-order valence-corrected chi connectivity index (χ1v) is 12.5. The fourth-order valence-electron chi connectivity index (χ4n) is 3.92. The predicted octanol–water partition coefficient (Wildman–Crippen LogP) is 4.41. The summed E-state index contributed by atoms with van der Waals surface area (Å²) in [7, 11) is 1.53. The van der Waals surface area contributed by atoms with Crippen molar-refractivity contribution in [1.29, 1.82) is 0 Å². The van der Waals surface area contributed by atoms with Gasteiger partial charge in [-0.15, -0.1) is 0 Å². The number of fused-ring (bicyclic) bond motifs is 1. The number of amides is 1. The Morgan fingerprint density at radius 2 is 2.03 bits per heavy atom. The van der Waals surface area contributed by atoms with E-state index in [0.29, 0.717) is 34.7 Å². The van der Waals surface area contributed by atoms with Crippen LogP contribution in [0.1, 0.15) is 43.5 Å². The van der Waals surface area contributed by atoms with Crippen molar-refractivity contribution in [2.45, 2.75) is 50.1 Å². The van der Waals surface area contributed by atoms with E-state index in [2.05, 4.69) is 29.2 Å². The Bertz CT molecular complexity index is 1130. The van der Waals surface area contributed by atoms with Gasteiger partial charge < -0.3 is 15.0 Å². The molecule has 0 aliphatic carbocycles. The minimum atomic E-state index is -0.245. The number of carbonyl (C=O) groups excluding carboxylic acids is 1. The van der Waals surface area contributed by atoms with Gasteiger partial charge in [0.15, 0.2) is 10.8 Å². The molecule has 176 valence electrons. The lowest BCUT2D eigenvalue weighted by atomic mass is 10.1. The van der Waals surface area contributed by atoms with E-state index in [9.17, 15) is 4.79 Å². The third-order valence-corrected chi connectivity index (χ3v) is 6.57. The van der Waals surface area contributed by atoms with Crippen LogP contribution in [0.4, 0.5) is 5.82 Å². The number of hydrogen-bond acceptors (Lipinski definition) is 7. The highest BCUT2D eigenvalue weighted by atomic mass is 35.5. The maximum absolute atomic E-state index is 12.7. The van der Waals surface area contributed by atoms with Gasteiger partial charge >= 0.3 is 0 Å².